The van der Waals surface area contributed by atoms with Crippen molar-refractivity contribution in [1.82, 2.24) is 20.2 Å². The van der Waals surface area contributed by atoms with Gasteiger partial charge in [0.05, 0.1) is 38.9 Å². The summed E-state index contributed by atoms with van der Waals surface area (Å²) in [6.07, 6.45) is 3.61. The van der Waals surface area contributed by atoms with E-state index in [0.29, 0.717) is 5.56 Å². The minimum absolute atomic E-state index is 0.0541. The highest BCUT2D eigenvalue weighted by Crippen LogP contribution is 2.08. The van der Waals surface area contributed by atoms with Gasteiger partial charge >= 0.3 is 0 Å². The Morgan fingerprint density at radius 2 is 1.95 bits per heavy atom. The summed E-state index contributed by atoms with van der Waals surface area (Å²) in [6, 6.07) is 9.32. The van der Waals surface area contributed by atoms with E-state index in [0.717, 1.165) is 31.9 Å². The molecule has 0 aliphatic carbocycles. The van der Waals surface area contributed by atoms with Gasteiger partial charge in [-0.3, -0.25) is 10.2 Å². The van der Waals surface area contributed by atoms with Crippen molar-refractivity contribution < 1.29 is 9.69 Å². The lowest BCUT2D eigenvalue weighted by Crippen LogP contribution is -3.12. The molecule has 6 heteroatoms. The lowest BCUT2D eigenvalue weighted by molar-refractivity contribution is -0.884. The second kappa shape index (κ2) is 6.07. The lowest BCUT2D eigenvalue weighted by atomic mass is 10.2. The average Bonchev–Trinajstić information content (AvgIpc) is 3.04. The molecular weight excluding hydrogens is 266 g/mol. The number of nitrogens with one attached hydrogen (secondary N) is 2. The largest absolute Gasteiger partial charge is 0.335 e. The number of quaternary nitrogens is 1. The van der Waals surface area contributed by atoms with Crippen molar-refractivity contribution in [2.45, 2.75) is 0 Å². The molecule has 1 aromatic heterocycles. The van der Waals surface area contributed by atoms with Crippen molar-refractivity contribution in [3.8, 4) is 5.69 Å². The molecule has 110 valence electrons. The van der Waals surface area contributed by atoms with Gasteiger partial charge in [0.1, 0.15) is 0 Å². The van der Waals surface area contributed by atoms with E-state index >= 15 is 0 Å². The maximum atomic E-state index is 12.2. The number of hydrogen-bond acceptors (Lipinski definition) is 3. The number of piperazine rings is 1. The van der Waals surface area contributed by atoms with Crippen LogP contribution < -0.4 is 10.3 Å². The van der Waals surface area contributed by atoms with Crippen molar-refractivity contribution in [2.24, 2.45) is 0 Å². The SMILES string of the molecule is C[NH+]1CCN(NC(=O)c2ccc(-n3cccn3)cc2)CC1. The van der Waals surface area contributed by atoms with Gasteiger partial charge in [-0.05, 0) is 30.3 Å². The highest BCUT2D eigenvalue weighted by molar-refractivity contribution is 5.94. The Morgan fingerprint density at radius 3 is 2.57 bits per heavy atom. The van der Waals surface area contributed by atoms with E-state index in [-0.39, 0.29) is 5.91 Å². The van der Waals surface area contributed by atoms with Gasteiger partial charge in [0, 0.05) is 18.0 Å². The summed E-state index contributed by atoms with van der Waals surface area (Å²) in [7, 11) is 2.17. The van der Waals surface area contributed by atoms with Gasteiger partial charge in [0.2, 0.25) is 0 Å². The van der Waals surface area contributed by atoms with E-state index in [1.54, 1.807) is 10.9 Å². The quantitative estimate of drug-likeness (QED) is 0.788. The van der Waals surface area contributed by atoms with Crippen LogP contribution in [0.4, 0.5) is 0 Å². The topological polar surface area (TPSA) is 54.6 Å². The van der Waals surface area contributed by atoms with E-state index in [1.165, 1.54) is 4.90 Å². The minimum atomic E-state index is -0.0541. The number of carbonyl (C=O) groups is 1. The Balaban J connectivity index is 1.62. The molecule has 0 bridgehead atoms. The average molecular weight is 286 g/mol. The van der Waals surface area contributed by atoms with E-state index < -0.39 is 0 Å². The molecule has 1 aromatic carbocycles. The number of hydrogen-bond donors (Lipinski definition) is 2. The van der Waals surface area contributed by atoms with Crippen LogP contribution in [-0.2, 0) is 0 Å². The van der Waals surface area contributed by atoms with Gasteiger partial charge in [-0.15, -0.1) is 0 Å². The number of rotatable bonds is 3. The fourth-order valence-corrected chi connectivity index (χ4v) is 2.40. The Bertz CT molecular complexity index is 585. The molecule has 6 nitrogen and oxygen atoms in total. The molecule has 21 heavy (non-hydrogen) atoms. The first-order valence-electron chi connectivity index (χ1n) is 7.20. The van der Waals surface area contributed by atoms with Crippen molar-refractivity contribution in [3.63, 3.8) is 0 Å². The van der Waals surface area contributed by atoms with E-state index in [1.807, 2.05) is 41.5 Å². The molecule has 1 saturated heterocycles. The van der Waals surface area contributed by atoms with Gasteiger partial charge in [0.15, 0.2) is 0 Å². The van der Waals surface area contributed by atoms with Crippen LogP contribution in [0.2, 0.25) is 0 Å². The summed E-state index contributed by atoms with van der Waals surface area (Å²) >= 11 is 0. The third kappa shape index (κ3) is 3.29. The Hall–Kier alpha value is -2.18. The van der Waals surface area contributed by atoms with Crippen LogP contribution in [0.15, 0.2) is 42.7 Å². The molecule has 2 N–H and O–H groups in total. The number of likely N-dealkylation sites (N-methyl/N-ethyl adjacent to an activating group) is 1. The minimum Gasteiger partial charge on any atom is -0.335 e. The van der Waals surface area contributed by atoms with Crippen LogP contribution >= 0.6 is 0 Å². The zero-order valence-corrected chi connectivity index (χ0v) is 12.1. The molecule has 0 radical (unpaired) electrons. The second-order valence-corrected chi connectivity index (χ2v) is 5.38. The van der Waals surface area contributed by atoms with Gasteiger partial charge < -0.3 is 4.90 Å². The van der Waals surface area contributed by atoms with Gasteiger partial charge in [-0.2, -0.15) is 5.10 Å². The standard InChI is InChI=1S/C15H19N5O/c1-18-9-11-19(12-10-18)17-15(21)13-3-5-14(6-4-13)20-8-2-7-16-20/h2-8H,9-12H2,1H3,(H,17,21)/p+1. The predicted molar refractivity (Wildman–Crippen MR) is 79.2 cm³/mol. The number of nitrogens with zero attached hydrogens (tertiary/aromatic N) is 3. The van der Waals surface area contributed by atoms with Crippen LogP contribution in [0.1, 0.15) is 10.4 Å². The van der Waals surface area contributed by atoms with Crippen LogP contribution in [0, 0.1) is 0 Å². The van der Waals surface area contributed by atoms with Crippen molar-refractivity contribution in [3.05, 3.63) is 48.3 Å². The molecule has 1 aliphatic rings. The molecular formula is C15H20N5O+. The second-order valence-electron chi connectivity index (χ2n) is 5.38. The number of amides is 1. The van der Waals surface area contributed by atoms with E-state index in [9.17, 15) is 4.79 Å². The summed E-state index contributed by atoms with van der Waals surface area (Å²) < 4.78 is 1.77. The fraction of sp³-hybridized carbons (Fsp3) is 0.333. The molecule has 0 unspecified atom stereocenters. The Morgan fingerprint density at radius 1 is 1.24 bits per heavy atom. The number of aromatic nitrogens is 2. The Kier molecular flexibility index (Phi) is 3.98. The molecule has 0 atom stereocenters. The van der Waals surface area contributed by atoms with Crippen molar-refractivity contribution in [2.75, 3.05) is 33.2 Å². The maximum Gasteiger partial charge on any atom is 0.265 e. The van der Waals surface area contributed by atoms with Crippen molar-refractivity contribution in [1.29, 1.82) is 0 Å². The van der Waals surface area contributed by atoms with E-state index in [2.05, 4.69) is 17.6 Å². The van der Waals surface area contributed by atoms with Crippen LogP contribution in [-0.4, -0.2) is 53.9 Å². The molecule has 1 amide bonds. The first-order valence-corrected chi connectivity index (χ1v) is 7.20. The monoisotopic (exact) mass is 286 g/mol. The highest BCUT2D eigenvalue weighted by Gasteiger charge is 2.18. The first kappa shape index (κ1) is 13.8. The van der Waals surface area contributed by atoms with Gasteiger partial charge in [-0.25, -0.2) is 9.69 Å². The predicted octanol–water partition coefficient (Wildman–Crippen LogP) is -0.653. The van der Waals surface area contributed by atoms with Crippen LogP contribution in [0.25, 0.3) is 5.69 Å². The lowest BCUT2D eigenvalue weighted by Gasteiger charge is -2.30. The Labute approximate surface area is 123 Å². The van der Waals surface area contributed by atoms with Gasteiger partial charge in [-0.1, -0.05) is 0 Å². The molecule has 0 spiro atoms. The number of benzene rings is 1. The number of hydrazine groups is 1. The molecule has 3 rings (SSSR count). The zero-order chi connectivity index (χ0) is 14.7. The molecule has 0 saturated carbocycles. The summed E-state index contributed by atoms with van der Waals surface area (Å²) in [4.78, 5) is 13.7. The summed E-state index contributed by atoms with van der Waals surface area (Å²) in [6.45, 7) is 3.89. The molecule has 1 aliphatic heterocycles. The summed E-state index contributed by atoms with van der Waals surface area (Å²) in [5, 5.41) is 6.16. The number of carbonyl (C=O) groups excluding carboxylic acids is 1. The normalized spacial score (nSPS) is 16.8. The molecule has 1 fully saturated rings. The molecule has 2 heterocycles. The van der Waals surface area contributed by atoms with Crippen molar-refractivity contribution >= 4 is 5.91 Å². The summed E-state index contributed by atoms with van der Waals surface area (Å²) in [5.74, 6) is -0.0541. The van der Waals surface area contributed by atoms with E-state index in [4.69, 9.17) is 0 Å². The first-order chi connectivity index (χ1) is 10.2. The zero-order valence-electron chi connectivity index (χ0n) is 12.1. The molecule has 2 aromatic rings. The highest BCUT2D eigenvalue weighted by atomic mass is 16.2. The maximum absolute atomic E-state index is 12.2. The third-order valence-corrected chi connectivity index (χ3v) is 3.78. The smallest absolute Gasteiger partial charge is 0.265 e. The van der Waals surface area contributed by atoms with Crippen LogP contribution in [0.3, 0.4) is 0 Å². The summed E-state index contributed by atoms with van der Waals surface area (Å²) in [5.41, 5.74) is 4.58. The van der Waals surface area contributed by atoms with Gasteiger partial charge in [0.25, 0.3) is 5.91 Å². The fourth-order valence-electron chi connectivity index (χ4n) is 2.40. The third-order valence-electron chi connectivity index (χ3n) is 3.78. The van der Waals surface area contributed by atoms with Crippen LogP contribution in [0.5, 0.6) is 0 Å².